The lowest BCUT2D eigenvalue weighted by Gasteiger charge is -2.20. The van der Waals surface area contributed by atoms with E-state index >= 15 is 0 Å². The van der Waals surface area contributed by atoms with Crippen LogP contribution in [-0.4, -0.2) is 15.2 Å². The first kappa shape index (κ1) is 10.2. The van der Waals surface area contributed by atoms with E-state index in [0.717, 1.165) is 5.19 Å². The Morgan fingerprint density at radius 1 is 1.23 bits per heavy atom. The summed E-state index contributed by atoms with van der Waals surface area (Å²) in [6, 6.07) is 4.99. The second-order valence-corrected chi connectivity index (χ2v) is 9.07. The molecule has 3 heteroatoms. The highest BCUT2D eigenvalue weighted by atomic mass is 28.3. The van der Waals surface area contributed by atoms with Crippen molar-refractivity contribution >= 4 is 13.3 Å². The quantitative estimate of drug-likeness (QED) is 0.663. The Morgan fingerprint density at radius 3 is 2.23 bits per heavy atom. The third-order valence-electron chi connectivity index (χ3n) is 1.95. The third kappa shape index (κ3) is 2.09. The van der Waals surface area contributed by atoms with Crippen LogP contribution in [0.3, 0.4) is 0 Å². The van der Waals surface area contributed by atoms with Gasteiger partial charge in [-0.25, -0.2) is 4.39 Å². The first-order chi connectivity index (χ1) is 5.96. The number of hydrogen-bond acceptors (Lipinski definition) is 1. The molecule has 0 unspecified atom stereocenters. The van der Waals surface area contributed by atoms with E-state index in [4.69, 9.17) is 4.74 Å². The van der Waals surface area contributed by atoms with Crippen LogP contribution in [0, 0.1) is 5.82 Å². The second kappa shape index (κ2) is 3.50. The predicted octanol–water partition coefficient (Wildman–Crippen LogP) is 2.38. The summed E-state index contributed by atoms with van der Waals surface area (Å²) in [6.45, 7) is 6.32. The fourth-order valence-corrected chi connectivity index (χ4v) is 3.13. The number of benzene rings is 1. The van der Waals surface area contributed by atoms with Gasteiger partial charge in [-0.05, 0) is 12.1 Å². The standard InChI is InChI=1S/C10H15FOSi/c1-12-9-7-5-6-8(11)10(9)13(2,3)4/h5-7H,1-4H3. The summed E-state index contributed by atoms with van der Waals surface area (Å²) in [4.78, 5) is 0. The average molecular weight is 198 g/mol. The summed E-state index contributed by atoms with van der Waals surface area (Å²) < 4.78 is 18.6. The van der Waals surface area contributed by atoms with Gasteiger partial charge in [0.2, 0.25) is 0 Å². The van der Waals surface area contributed by atoms with Crippen LogP contribution in [0.2, 0.25) is 19.6 Å². The zero-order chi connectivity index (χ0) is 10.1. The van der Waals surface area contributed by atoms with Crippen LogP contribution in [0.25, 0.3) is 0 Å². The van der Waals surface area contributed by atoms with Gasteiger partial charge in [0.15, 0.2) is 0 Å². The van der Waals surface area contributed by atoms with Crippen LogP contribution in [-0.2, 0) is 0 Å². The zero-order valence-corrected chi connectivity index (χ0v) is 9.52. The Bertz CT molecular complexity index is 304. The van der Waals surface area contributed by atoms with Crippen LogP contribution < -0.4 is 9.92 Å². The van der Waals surface area contributed by atoms with Crippen molar-refractivity contribution in [3.63, 3.8) is 0 Å². The summed E-state index contributed by atoms with van der Waals surface area (Å²) in [7, 11) is -0.0617. The topological polar surface area (TPSA) is 9.23 Å². The van der Waals surface area contributed by atoms with Gasteiger partial charge in [0.05, 0.1) is 15.2 Å². The fourth-order valence-electron chi connectivity index (χ4n) is 1.40. The first-order valence-corrected chi connectivity index (χ1v) is 7.80. The molecule has 0 spiro atoms. The van der Waals surface area contributed by atoms with Gasteiger partial charge < -0.3 is 4.74 Å². The fraction of sp³-hybridized carbons (Fsp3) is 0.400. The van der Waals surface area contributed by atoms with Crippen molar-refractivity contribution < 1.29 is 9.13 Å². The van der Waals surface area contributed by atoms with E-state index in [2.05, 4.69) is 19.6 Å². The third-order valence-corrected chi connectivity index (χ3v) is 3.93. The van der Waals surface area contributed by atoms with Crippen LogP contribution in [0.5, 0.6) is 5.75 Å². The van der Waals surface area contributed by atoms with E-state index in [9.17, 15) is 4.39 Å². The first-order valence-electron chi connectivity index (χ1n) is 4.30. The Hall–Kier alpha value is -0.833. The molecule has 0 radical (unpaired) electrons. The van der Waals surface area contributed by atoms with Crippen molar-refractivity contribution in [1.29, 1.82) is 0 Å². The smallest absolute Gasteiger partial charge is 0.126 e. The number of halogens is 1. The van der Waals surface area contributed by atoms with Crippen molar-refractivity contribution in [2.24, 2.45) is 0 Å². The maximum absolute atomic E-state index is 13.5. The van der Waals surface area contributed by atoms with E-state index < -0.39 is 8.07 Å². The molecule has 0 fully saturated rings. The van der Waals surface area contributed by atoms with Gasteiger partial charge >= 0.3 is 0 Å². The minimum atomic E-state index is -1.64. The molecule has 0 aliphatic carbocycles. The molecule has 0 atom stereocenters. The highest BCUT2D eigenvalue weighted by molar-refractivity contribution is 6.89. The molecule has 0 aliphatic heterocycles. The molecule has 0 saturated carbocycles. The molecule has 72 valence electrons. The minimum Gasteiger partial charge on any atom is -0.497 e. The van der Waals surface area contributed by atoms with Crippen LogP contribution in [0.4, 0.5) is 4.39 Å². The van der Waals surface area contributed by atoms with E-state index in [1.165, 1.54) is 6.07 Å². The summed E-state index contributed by atoms with van der Waals surface area (Å²) >= 11 is 0. The van der Waals surface area contributed by atoms with Gasteiger partial charge in [-0.1, -0.05) is 25.7 Å². The predicted molar refractivity (Wildman–Crippen MR) is 55.9 cm³/mol. The minimum absolute atomic E-state index is 0.140. The SMILES string of the molecule is COc1cccc(F)c1[Si](C)(C)C. The summed E-state index contributed by atoms with van der Waals surface area (Å²) in [5.41, 5.74) is 0. The van der Waals surface area contributed by atoms with E-state index in [1.807, 2.05) is 6.07 Å². The van der Waals surface area contributed by atoms with Crippen LogP contribution in [0.15, 0.2) is 18.2 Å². The molecule has 1 rings (SSSR count). The van der Waals surface area contributed by atoms with Crippen LogP contribution >= 0.6 is 0 Å². The Kier molecular flexibility index (Phi) is 2.76. The van der Waals surface area contributed by atoms with Crippen molar-refractivity contribution in [1.82, 2.24) is 0 Å². The second-order valence-electron chi connectivity index (χ2n) is 4.07. The molecular formula is C10H15FOSi. The van der Waals surface area contributed by atoms with Gasteiger partial charge in [-0.3, -0.25) is 0 Å². The molecule has 0 saturated heterocycles. The molecule has 0 N–H and O–H groups in total. The van der Waals surface area contributed by atoms with E-state index in [1.54, 1.807) is 13.2 Å². The van der Waals surface area contributed by atoms with Gasteiger partial charge in [0, 0.05) is 5.19 Å². The van der Waals surface area contributed by atoms with Crippen LogP contribution in [0.1, 0.15) is 0 Å². The number of rotatable bonds is 2. The summed E-state index contributed by atoms with van der Waals surface area (Å²) in [5, 5.41) is 0.775. The van der Waals surface area contributed by atoms with Crippen molar-refractivity contribution in [2.45, 2.75) is 19.6 Å². The maximum Gasteiger partial charge on any atom is 0.126 e. The molecule has 1 aromatic rings. The van der Waals surface area contributed by atoms with Crippen molar-refractivity contribution in [2.75, 3.05) is 7.11 Å². The lowest BCUT2D eigenvalue weighted by Crippen LogP contribution is -2.40. The molecule has 0 amide bonds. The molecule has 0 aromatic heterocycles. The lowest BCUT2D eigenvalue weighted by atomic mass is 10.3. The molecule has 1 aromatic carbocycles. The monoisotopic (exact) mass is 198 g/mol. The van der Waals surface area contributed by atoms with Crippen molar-refractivity contribution in [3.8, 4) is 5.75 Å². The molecular weight excluding hydrogens is 183 g/mol. The highest BCUT2D eigenvalue weighted by Gasteiger charge is 2.24. The maximum atomic E-state index is 13.5. The Balaban J connectivity index is 3.32. The van der Waals surface area contributed by atoms with Gasteiger partial charge in [-0.2, -0.15) is 0 Å². The average Bonchev–Trinajstić information content (AvgIpc) is 2.01. The lowest BCUT2D eigenvalue weighted by molar-refractivity contribution is 0.415. The molecule has 1 nitrogen and oxygen atoms in total. The van der Waals surface area contributed by atoms with Gasteiger partial charge in [0.25, 0.3) is 0 Å². The van der Waals surface area contributed by atoms with Gasteiger partial charge in [-0.15, -0.1) is 0 Å². The largest absolute Gasteiger partial charge is 0.497 e. The molecule has 13 heavy (non-hydrogen) atoms. The molecule has 0 aliphatic rings. The van der Waals surface area contributed by atoms with E-state index in [0.29, 0.717) is 5.75 Å². The number of hydrogen-bond donors (Lipinski definition) is 0. The van der Waals surface area contributed by atoms with Gasteiger partial charge in [0.1, 0.15) is 11.6 Å². The summed E-state index contributed by atoms with van der Waals surface area (Å²) in [6.07, 6.45) is 0. The molecule has 0 bridgehead atoms. The van der Waals surface area contributed by atoms with Crippen molar-refractivity contribution in [3.05, 3.63) is 24.0 Å². The molecule has 0 heterocycles. The zero-order valence-electron chi connectivity index (χ0n) is 8.52. The number of methoxy groups -OCH3 is 1. The highest BCUT2D eigenvalue weighted by Crippen LogP contribution is 2.15. The normalized spacial score (nSPS) is 11.5. The Morgan fingerprint density at radius 2 is 1.85 bits per heavy atom. The summed E-state index contributed by atoms with van der Waals surface area (Å²) in [5.74, 6) is 0.540. The van der Waals surface area contributed by atoms with E-state index in [-0.39, 0.29) is 5.82 Å². The number of ether oxygens (including phenoxy) is 1. The Labute approximate surface area is 79.6 Å².